The molecule has 0 radical (unpaired) electrons. The fraction of sp³-hybridized carbons (Fsp3) is 0.364. The van der Waals surface area contributed by atoms with Crippen LogP contribution < -0.4 is 15.4 Å². The molecule has 0 aliphatic heterocycles. The third kappa shape index (κ3) is 5.73. The van der Waals surface area contributed by atoms with Gasteiger partial charge in [-0.1, -0.05) is 37.1 Å². The summed E-state index contributed by atoms with van der Waals surface area (Å²) in [5.74, 6) is 0.0357. The summed E-state index contributed by atoms with van der Waals surface area (Å²) < 4.78 is 5.77. The zero-order chi connectivity index (χ0) is 20.7. The molecule has 6 heteroatoms. The minimum atomic E-state index is -0.740. The van der Waals surface area contributed by atoms with Gasteiger partial charge >= 0.3 is 0 Å². The average molecular weight is 403 g/mol. The van der Waals surface area contributed by atoms with Crippen molar-refractivity contribution in [1.82, 2.24) is 5.32 Å². The lowest BCUT2D eigenvalue weighted by atomic mass is 10.1. The van der Waals surface area contributed by atoms with Gasteiger partial charge in [0.1, 0.15) is 5.75 Å². The average Bonchev–Trinajstić information content (AvgIpc) is 2.66. The Kier molecular flexibility index (Phi) is 7.88. The number of rotatable bonds is 8. The highest BCUT2D eigenvalue weighted by molar-refractivity contribution is 6.32. The Labute approximate surface area is 171 Å². The monoisotopic (exact) mass is 402 g/mol. The van der Waals surface area contributed by atoms with Gasteiger partial charge in [0, 0.05) is 11.6 Å². The van der Waals surface area contributed by atoms with E-state index in [0.29, 0.717) is 28.6 Å². The van der Waals surface area contributed by atoms with Crippen molar-refractivity contribution in [3.05, 3.63) is 58.1 Å². The largest absolute Gasteiger partial charge is 0.481 e. The summed E-state index contributed by atoms with van der Waals surface area (Å²) in [4.78, 5) is 25.0. The molecule has 1 atom stereocenters. The van der Waals surface area contributed by atoms with Gasteiger partial charge in [0.05, 0.1) is 11.3 Å². The Bertz CT molecular complexity index is 828. The van der Waals surface area contributed by atoms with Gasteiger partial charge in [-0.25, -0.2) is 0 Å². The van der Waals surface area contributed by atoms with E-state index < -0.39 is 6.10 Å². The number of carbonyl (C=O) groups excluding carboxylic acids is 2. The van der Waals surface area contributed by atoms with Crippen LogP contribution in [0.2, 0.25) is 5.02 Å². The summed E-state index contributed by atoms with van der Waals surface area (Å²) in [5.41, 5.74) is 2.66. The van der Waals surface area contributed by atoms with Crippen LogP contribution in [0.1, 0.15) is 48.2 Å². The van der Waals surface area contributed by atoms with Gasteiger partial charge in [-0.05, 0) is 62.6 Å². The number of ether oxygens (including phenoxy) is 1. The number of aryl methyl sites for hydroxylation is 2. The van der Waals surface area contributed by atoms with Gasteiger partial charge in [0.25, 0.3) is 11.8 Å². The summed E-state index contributed by atoms with van der Waals surface area (Å²) in [7, 11) is 0. The standard InChI is InChI=1S/C22H27ClN2O3/c1-5-6-11-24-22(27)18-9-7-8-10-19(18)25-21(26)16(4)28-17-12-14(2)20(23)15(3)13-17/h7-10,12-13,16H,5-6,11H2,1-4H3,(H,24,27)(H,25,26). The van der Waals surface area contributed by atoms with Crippen molar-refractivity contribution in [3.63, 3.8) is 0 Å². The maximum atomic E-state index is 12.6. The number of nitrogens with one attached hydrogen (secondary N) is 2. The molecule has 0 bridgehead atoms. The van der Waals surface area contributed by atoms with E-state index >= 15 is 0 Å². The fourth-order valence-electron chi connectivity index (χ4n) is 2.73. The summed E-state index contributed by atoms with van der Waals surface area (Å²) in [6.45, 7) is 8.11. The molecule has 0 aromatic heterocycles. The molecule has 0 fully saturated rings. The molecule has 150 valence electrons. The highest BCUT2D eigenvalue weighted by atomic mass is 35.5. The molecule has 5 nitrogen and oxygen atoms in total. The Balaban J connectivity index is 2.07. The predicted molar refractivity (Wildman–Crippen MR) is 113 cm³/mol. The van der Waals surface area contributed by atoms with Crippen LogP contribution in [0.3, 0.4) is 0 Å². The zero-order valence-electron chi connectivity index (χ0n) is 16.8. The normalized spacial score (nSPS) is 11.6. The van der Waals surface area contributed by atoms with E-state index in [0.717, 1.165) is 24.0 Å². The molecule has 2 rings (SSSR count). The predicted octanol–water partition coefficient (Wildman–Crippen LogP) is 4.89. The number of hydrogen-bond donors (Lipinski definition) is 2. The zero-order valence-corrected chi connectivity index (χ0v) is 17.5. The molecule has 28 heavy (non-hydrogen) atoms. The lowest BCUT2D eigenvalue weighted by Gasteiger charge is -2.17. The van der Waals surface area contributed by atoms with E-state index in [1.54, 1.807) is 43.3 Å². The third-order valence-corrected chi connectivity index (χ3v) is 4.93. The van der Waals surface area contributed by atoms with Crippen molar-refractivity contribution in [2.75, 3.05) is 11.9 Å². The Morgan fingerprint density at radius 3 is 2.43 bits per heavy atom. The van der Waals surface area contributed by atoms with Crippen molar-refractivity contribution in [2.45, 2.75) is 46.6 Å². The Hall–Kier alpha value is -2.53. The van der Waals surface area contributed by atoms with Gasteiger partial charge in [-0.15, -0.1) is 0 Å². The third-order valence-electron chi connectivity index (χ3n) is 4.34. The van der Waals surface area contributed by atoms with Crippen molar-refractivity contribution in [1.29, 1.82) is 0 Å². The number of benzene rings is 2. The second-order valence-corrected chi connectivity index (χ2v) is 7.15. The minimum Gasteiger partial charge on any atom is -0.481 e. The van der Waals surface area contributed by atoms with E-state index in [4.69, 9.17) is 16.3 Å². The maximum Gasteiger partial charge on any atom is 0.265 e. The SMILES string of the molecule is CCCCNC(=O)c1ccccc1NC(=O)C(C)Oc1cc(C)c(Cl)c(C)c1. The lowest BCUT2D eigenvalue weighted by molar-refractivity contribution is -0.122. The van der Waals surface area contributed by atoms with Crippen LogP contribution in [0.15, 0.2) is 36.4 Å². The summed E-state index contributed by atoms with van der Waals surface area (Å²) in [6.07, 6.45) is 1.17. The minimum absolute atomic E-state index is 0.207. The van der Waals surface area contributed by atoms with Crippen molar-refractivity contribution < 1.29 is 14.3 Å². The summed E-state index contributed by atoms with van der Waals surface area (Å²) in [5, 5.41) is 6.35. The quantitative estimate of drug-likeness (QED) is 0.617. The highest BCUT2D eigenvalue weighted by Gasteiger charge is 2.19. The second-order valence-electron chi connectivity index (χ2n) is 6.78. The first-order chi connectivity index (χ1) is 13.3. The fourth-order valence-corrected chi connectivity index (χ4v) is 2.84. The number of anilines is 1. The highest BCUT2D eigenvalue weighted by Crippen LogP contribution is 2.26. The molecular weight excluding hydrogens is 376 g/mol. The molecule has 0 aliphatic rings. The number of hydrogen-bond acceptors (Lipinski definition) is 3. The van der Waals surface area contributed by atoms with Gasteiger partial charge in [0.2, 0.25) is 0 Å². The van der Waals surface area contributed by atoms with Crippen LogP contribution in [-0.4, -0.2) is 24.5 Å². The molecule has 0 spiro atoms. The van der Waals surface area contributed by atoms with Crippen LogP contribution in [0.4, 0.5) is 5.69 Å². The van der Waals surface area contributed by atoms with Crippen LogP contribution >= 0.6 is 11.6 Å². The van der Waals surface area contributed by atoms with E-state index in [-0.39, 0.29) is 11.8 Å². The van der Waals surface area contributed by atoms with Gasteiger partial charge < -0.3 is 15.4 Å². The van der Waals surface area contributed by atoms with Crippen LogP contribution in [0.5, 0.6) is 5.75 Å². The van der Waals surface area contributed by atoms with Crippen LogP contribution in [0.25, 0.3) is 0 Å². The molecule has 0 heterocycles. The molecule has 0 aliphatic carbocycles. The smallest absolute Gasteiger partial charge is 0.265 e. The lowest BCUT2D eigenvalue weighted by Crippen LogP contribution is -2.32. The van der Waals surface area contributed by atoms with Crippen molar-refractivity contribution in [2.24, 2.45) is 0 Å². The van der Waals surface area contributed by atoms with Gasteiger partial charge in [-0.3, -0.25) is 9.59 Å². The summed E-state index contributed by atoms with van der Waals surface area (Å²) in [6, 6.07) is 10.5. The second kappa shape index (κ2) is 10.1. The Morgan fingerprint density at radius 2 is 1.79 bits per heavy atom. The number of carbonyl (C=O) groups is 2. The first-order valence-corrected chi connectivity index (χ1v) is 9.82. The molecule has 2 aromatic carbocycles. The number of para-hydroxylation sites is 1. The van der Waals surface area contributed by atoms with Crippen LogP contribution in [0, 0.1) is 13.8 Å². The van der Waals surface area contributed by atoms with E-state index in [9.17, 15) is 9.59 Å². The maximum absolute atomic E-state index is 12.6. The number of unbranched alkanes of at least 4 members (excludes halogenated alkanes) is 1. The van der Waals surface area contributed by atoms with Gasteiger partial charge in [-0.2, -0.15) is 0 Å². The molecule has 2 N–H and O–H groups in total. The van der Waals surface area contributed by atoms with Crippen molar-refractivity contribution >= 4 is 29.1 Å². The van der Waals surface area contributed by atoms with E-state index in [2.05, 4.69) is 17.6 Å². The van der Waals surface area contributed by atoms with Gasteiger partial charge in [0.15, 0.2) is 6.10 Å². The molecule has 2 aromatic rings. The molecule has 1 unspecified atom stereocenters. The molecular formula is C22H27ClN2O3. The number of halogens is 1. The topological polar surface area (TPSA) is 67.4 Å². The summed E-state index contributed by atoms with van der Waals surface area (Å²) >= 11 is 6.18. The molecule has 0 saturated carbocycles. The Morgan fingerprint density at radius 1 is 1.14 bits per heavy atom. The number of amides is 2. The first-order valence-electron chi connectivity index (χ1n) is 9.45. The van der Waals surface area contributed by atoms with E-state index in [1.165, 1.54) is 0 Å². The van der Waals surface area contributed by atoms with Crippen molar-refractivity contribution in [3.8, 4) is 5.75 Å². The van der Waals surface area contributed by atoms with E-state index in [1.807, 2.05) is 13.8 Å². The molecule has 2 amide bonds. The first kappa shape index (κ1) is 21.8. The molecule has 0 saturated heterocycles. The van der Waals surface area contributed by atoms with Crippen LogP contribution in [-0.2, 0) is 4.79 Å².